The molecule has 0 aliphatic carbocycles. The van der Waals surface area contributed by atoms with Crippen LogP contribution in [0.2, 0.25) is 0 Å². The first-order valence-electron chi connectivity index (χ1n) is 10.6. The summed E-state index contributed by atoms with van der Waals surface area (Å²) in [6.45, 7) is 5.27. The van der Waals surface area contributed by atoms with Gasteiger partial charge in [-0.3, -0.25) is 4.79 Å². The van der Waals surface area contributed by atoms with E-state index in [0.717, 1.165) is 21.7 Å². The monoisotopic (exact) mass is 481 g/mol. The number of anilines is 1. The Labute approximate surface area is 195 Å². The average molecular weight is 482 g/mol. The van der Waals surface area contributed by atoms with Gasteiger partial charge in [-0.2, -0.15) is 13.9 Å². The lowest BCUT2D eigenvalue weighted by Gasteiger charge is -2.34. The summed E-state index contributed by atoms with van der Waals surface area (Å²) in [5, 5.41) is 5.14. The molecule has 1 saturated heterocycles. The number of aryl methyl sites for hydroxylation is 2. The largest absolute Gasteiger partial charge is 0.354 e. The Morgan fingerprint density at radius 2 is 1.67 bits per heavy atom. The maximum atomic E-state index is 13.2. The Bertz CT molecular complexity index is 1490. The zero-order chi connectivity index (χ0) is 23.2. The van der Waals surface area contributed by atoms with Crippen molar-refractivity contribution in [2.75, 3.05) is 31.1 Å². The van der Waals surface area contributed by atoms with E-state index in [2.05, 4.69) is 10.1 Å². The van der Waals surface area contributed by atoms with Crippen molar-refractivity contribution in [1.82, 2.24) is 18.9 Å². The Morgan fingerprint density at radius 3 is 2.39 bits per heavy atom. The molecular formula is C23H23N5O3S2. The maximum absolute atomic E-state index is 13.2. The normalized spacial score (nSPS) is 15.3. The van der Waals surface area contributed by atoms with Crippen molar-refractivity contribution >= 4 is 32.1 Å². The SMILES string of the molecule is Cc1ccc(C)c(S(=O)(=O)N2CCN(c3cc(=O)n4nc(-c5ccccc5)sc4n3)CC2)c1. The fourth-order valence-corrected chi connectivity index (χ4v) is 6.58. The molecular weight excluding hydrogens is 458 g/mol. The molecule has 170 valence electrons. The van der Waals surface area contributed by atoms with Gasteiger partial charge in [-0.25, -0.2) is 13.4 Å². The van der Waals surface area contributed by atoms with E-state index in [4.69, 9.17) is 0 Å². The van der Waals surface area contributed by atoms with Gasteiger partial charge in [0.1, 0.15) is 10.8 Å². The van der Waals surface area contributed by atoms with Crippen LogP contribution in [0.15, 0.2) is 64.3 Å². The number of hydrogen-bond acceptors (Lipinski definition) is 7. The van der Waals surface area contributed by atoms with Crippen LogP contribution in [0.1, 0.15) is 11.1 Å². The van der Waals surface area contributed by atoms with Crippen molar-refractivity contribution < 1.29 is 8.42 Å². The molecule has 10 heteroatoms. The Morgan fingerprint density at radius 1 is 0.939 bits per heavy atom. The molecule has 3 heterocycles. The van der Waals surface area contributed by atoms with Gasteiger partial charge in [0.2, 0.25) is 15.0 Å². The molecule has 1 fully saturated rings. The summed E-state index contributed by atoms with van der Waals surface area (Å²) in [5.41, 5.74) is 2.33. The second-order valence-electron chi connectivity index (χ2n) is 8.08. The Hall–Kier alpha value is -3.08. The zero-order valence-electron chi connectivity index (χ0n) is 18.3. The number of nitrogens with zero attached hydrogens (tertiary/aromatic N) is 5. The number of fused-ring (bicyclic) bond motifs is 1. The fourth-order valence-electron chi connectivity index (χ4n) is 3.94. The Balaban J connectivity index is 1.38. The van der Waals surface area contributed by atoms with Crippen molar-refractivity contribution in [1.29, 1.82) is 0 Å². The smallest absolute Gasteiger partial charge is 0.277 e. The van der Waals surface area contributed by atoms with Gasteiger partial charge >= 0.3 is 0 Å². The number of aromatic nitrogens is 3. The third-order valence-corrected chi connectivity index (χ3v) is 8.77. The van der Waals surface area contributed by atoms with Gasteiger partial charge in [0.25, 0.3) is 5.56 Å². The van der Waals surface area contributed by atoms with Gasteiger partial charge in [0.05, 0.1) is 4.90 Å². The lowest BCUT2D eigenvalue weighted by atomic mass is 10.2. The summed E-state index contributed by atoms with van der Waals surface area (Å²) in [4.78, 5) is 20.2. The fraction of sp³-hybridized carbons (Fsp3) is 0.261. The number of sulfonamides is 1. The molecule has 2 aromatic heterocycles. The van der Waals surface area contributed by atoms with Crippen LogP contribution in [0.25, 0.3) is 15.5 Å². The molecule has 33 heavy (non-hydrogen) atoms. The first-order chi connectivity index (χ1) is 15.8. The quantitative estimate of drug-likeness (QED) is 0.445. The van der Waals surface area contributed by atoms with Crippen molar-refractivity contribution in [2.24, 2.45) is 0 Å². The second-order valence-corrected chi connectivity index (χ2v) is 10.9. The first-order valence-corrected chi connectivity index (χ1v) is 12.9. The molecule has 8 nitrogen and oxygen atoms in total. The highest BCUT2D eigenvalue weighted by Crippen LogP contribution is 2.26. The van der Waals surface area contributed by atoms with Crippen LogP contribution in [-0.4, -0.2) is 53.5 Å². The van der Waals surface area contributed by atoms with Gasteiger partial charge in [-0.05, 0) is 31.0 Å². The van der Waals surface area contributed by atoms with Crippen molar-refractivity contribution in [3.63, 3.8) is 0 Å². The summed E-state index contributed by atoms with van der Waals surface area (Å²) < 4.78 is 29.2. The van der Waals surface area contributed by atoms with Crippen LogP contribution >= 0.6 is 11.3 Å². The van der Waals surface area contributed by atoms with Gasteiger partial charge in [0, 0.05) is 37.8 Å². The van der Waals surface area contributed by atoms with E-state index in [-0.39, 0.29) is 5.56 Å². The molecule has 2 aromatic carbocycles. The van der Waals surface area contributed by atoms with Gasteiger partial charge in [-0.15, -0.1) is 0 Å². The molecule has 0 spiro atoms. The second kappa shape index (κ2) is 8.36. The highest BCUT2D eigenvalue weighted by molar-refractivity contribution is 7.89. The molecule has 1 aliphatic rings. The van der Waals surface area contributed by atoms with Gasteiger partial charge in [-0.1, -0.05) is 53.8 Å². The standard InChI is InChI=1S/C23H23N5O3S2/c1-16-8-9-17(2)19(14-16)33(30,31)27-12-10-26(11-13-27)20-15-21(29)28-23(24-20)32-22(25-28)18-6-4-3-5-7-18/h3-9,14-15H,10-13H2,1-2H3. The van der Waals surface area contributed by atoms with E-state index in [9.17, 15) is 13.2 Å². The number of benzene rings is 2. The van der Waals surface area contributed by atoms with E-state index in [1.165, 1.54) is 26.2 Å². The molecule has 0 unspecified atom stereocenters. The maximum Gasteiger partial charge on any atom is 0.277 e. The molecule has 4 aromatic rings. The zero-order valence-corrected chi connectivity index (χ0v) is 19.9. The summed E-state index contributed by atoms with van der Waals surface area (Å²) >= 11 is 1.36. The topological polar surface area (TPSA) is 87.9 Å². The number of piperazine rings is 1. The summed E-state index contributed by atoms with van der Waals surface area (Å²) in [6.07, 6.45) is 0. The molecule has 1 aliphatic heterocycles. The highest BCUT2D eigenvalue weighted by Gasteiger charge is 2.30. The van der Waals surface area contributed by atoms with Crippen LogP contribution in [0.5, 0.6) is 0 Å². The Kier molecular flexibility index (Phi) is 5.51. The van der Waals surface area contributed by atoms with Crippen LogP contribution in [-0.2, 0) is 10.0 Å². The summed E-state index contributed by atoms with van der Waals surface area (Å²) in [5.74, 6) is 0.548. The van der Waals surface area contributed by atoms with Crippen LogP contribution < -0.4 is 10.5 Å². The van der Waals surface area contributed by atoms with Crippen molar-refractivity contribution in [3.8, 4) is 10.6 Å². The van der Waals surface area contributed by atoms with Crippen molar-refractivity contribution in [2.45, 2.75) is 18.7 Å². The minimum Gasteiger partial charge on any atom is -0.354 e. The molecule has 0 radical (unpaired) electrons. The molecule has 0 atom stereocenters. The summed E-state index contributed by atoms with van der Waals surface area (Å²) in [6, 6.07) is 16.6. The van der Waals surface area contributed by atoms with E-state index >= 15 is 0 Å². The van der Waals surface area contributed by atoms with E-state index < -0.39 is 10.0 Å². The van der Waals surface area contributed by atoms with E-state index in [1.54, 1.807) is 6.07 Å². The minimum atomic E-state index is -3.58. The number of rotatable bonds is 4. The van der Waals surface area contributed by atoms with Crippen LogP contribution in [0.3, 0.4) is 0 Å². The predicted molar refractivity (Wildman–Crippen MR) is 129 cm³/mol. The average Bonchev–Trinajstić information content (AvgIpc) is 3.26. The first kappa shape index (κ1) is 21.7. The predicted octanol–water partition coefficient (Wildman–Crippen LogP) is 2.95. The van der Waals surface area contributed by atoms with Crippen LogP contribution in [0, 0.1) is 13.8 Å². The minimum absolute atomic E-state index is 0.251. The van der Waals surface area contributed by atoms with E-state index in [0.29, 0.717) is 41.9 Å². The lowest BCUT2D eigenvalue weighted by molar-refractivity contribution is 0.383. The summed E-state index contributed by atoms with van der Waals surface area (Å²) in [7, 11) is -3.58. The molecule has 0 bridgehead atoms. The lowest BCUT2D eigenvalue weighted by Crippen LogP contribution is -2.49. The molecule has 0 saturated carbocycles. The van der Waals surface area contributed by atoms with Gasteiger partial charge < -0.3 is 4.90 Å². The third-order valence-electron chi connectivity index (χ3n) is 5.78. The van der Waals surface area contributed by atoms with Crippen molar-refractivity contribution in [3.05, 3.63) is 76.1 Å². The molecule has 0 amide bonds. The van der Waals surface area contributed by atoms with Crippen LogP contribution in [0.4, 0.5) is 5.82 Å². The molecule has 5 rings (SSSR count). The molecule has 0 N–H and O–H groups in total. The number of hydrogen-bond donors (Lipinski definition) is 0. The van der Waals surface area contributed by atoms with Gasteiger partial charge in [0.15, 0.2) is 0 Å². The van der Waals surface area contributed by atoms with E-state index in [1.807, 2.05) is 61.2 Å². The third kappa shape index (κ3) is 4.05. The highest BCUT2D eigenvalue weighted by atomic mass is 32.2.